The van der Waals surface area contributed by atoms with Crippen LogP contribution in [0.25, 0.3) is 10.2 Å². The summed E-state index contributed by atoms with van der Waals surface area (Å²) < 4.78 is 12.4. The van der Waals surface area contributed by atoms with Crippen LogP contribution in [-0.4, -0.2) is 30.2 Å². The van der Waals surface area contributed by atoms with Gasteiger partial charge in [-0.2, -0.15) is 0 Å². The molecule has 0 unspecified atom stereocenters. The number of aromatic nitrogens is 1. The Morgan fingerprint density at radius 2 is 2.28 bits per heavy atom. The molecule has 1 aliphatic heterocycles. The molecule has 6 heteroatoms. The summed E-state index contributed by atoms with van der Waals surface area (Å²) in [4.78, 5) is 17.8. The first kappa shape index (κ1) is 15.6. The van der Waals surface area contributed by atoms with Gasteiger partial charge in [-0.3, -0.25) is 10.1 Å². The molecule has 2 heterocycles. The zero-order valence-electron chi connectivity index (χ0n) is 14.7. The van der Waals surface area contributed by atoms with Gasteiger partial charge in [0.25, 0.3) is 5.91 Å². The number of hydrogen-bond acceptors (Lipinski definition) is 5. The van der Waals surface area contributed by atoms with Gasteiger partial charge in [-0.05, 0) is 43.4 Å². The number of anilines is 1. The van der Waals surface area contributed by atoms with Gasteiger partial charge >= 0.3 is 0 Å². The van der Waals surface area contributed by atoms with E-state index in [1.807, 2.05) is 18.2 Å². The number of ether oxygens (including phenoxy) is 2. The Hall–Kier alpha value is -1.66. The number of nitrogens with one attached hydrogen (secondary N) is 1. The average Bonchev–Trinajstić information content (AvgIpc) is 3.24. The fourth-order valence-corrected chi connectivity index (χ4v) is 6.43. The number of methoxy groups -OCH3 is 1. The lowest BCUT2D eigenvalue weighted by molar-refractivity contribution is -0.149. The summed E-state index contributed by atoms with van der Waals surface area (Å²) in [6.45, 7) is 5.24. The summed E-state index contributed by atoms with van der Waals surface area (Å²) in [5.74, 6) is 1.37. The maximum absolute atomic E-state index is 13.2. The van der Waals surface area contributed by atoms with Crippen LogP contribution in [0.15, 0.2) is 18.2 Å². The summed E-state index contributed by atoms with van der Waals surface area (Å²) in [7, 11) is 1.65. The van der Waals surface area contributed by atoms with Crippen LogP contribution in [0, 0.1) is 16.7 Å². The number of hydrogen-bond donors (Lipinski definition) is 1. The molecule has 1 amide bonds. The van der Waals surface area contributed by atoms with E-state index in [1.54, 1.807) is 7.11 Å². The van der Waals surface area contributed by atoms with Crippen molar-refractivity contribution in [2.75, 3.05) is 19.0 Å². The van der Waals surface area contributed by atoms with Crippen LogP contribution >= 0.6 is 11.3 Å². The second kappa shape index (κ2) is 4.74. The van der Waals surface area contributed by atoms with Crippen LogP contribution in [-0.2, 0) is 9.53 Å². The number of nitrogens with zero attached hydrogens (tertiary/aromatic N) is 1. The molecule has 0 radical (unpaired) electrons. The Labute approximate surface area is 150 Å². The molecule has 0 spiro atoms. The van der Waals surface area contributed by atoms with Crippen molar-refractivity contribution in [2.24, 2.45) is 16.7 Å². The lowest BCUT2D eigenvalue weighted by Crippen LogP contribution is -2.52. The van der Waals surface area contributed by atoms with E-state index in [1.165, 1.54) is 17.8 Å². The van der Waals surface area contributed by atoms with Gasteiger partial charge in [0.15, 0.2) is 10.7 Å². The third-order valence-corrected chi connectivity index (χ3v) is 8.31. The predicted octanol–water partition coefficient (Wildman–Crippen LogP) is 3.84. The standard InChI is InChI=1S/C19H22N2O3S/c1-17-10-24-19(9-11(17)6-7-18(17,19)2)15(22)21-16-20-13-5-4-12(23-3)8-14(13)25-16/h4-5,8,11H,6-7,9-10H2,1-3H3,(H,20,21,22)/t11-,17+,18-,19+/m1/s1. The van der Waals surface area contributed by atoms with Crippen molar-refractivity contribution in [1.29, 1.82) is 0 Å². The van der Waals surface area contributed by atoms with E-state index < -0.39 is 5.60 Å². The Morgan fingerprint density at radius 1 is 1.44 bits per heavy atom. The Morgan fingerprint density at radius 3 is 3.00 bits per heavy atom. The van der Waals surface area contributed by atoms with E-state index in [0.29, 0.717) is 17.7 Å². The smallest absolute Gasteiger partial charge is 0.259 e. The van der Waals surface area contributed by atoms with Gasteiger partial charge in [0.2, 0.25) is 0 Å². The highest BCUT2D eigenvalue weighted by Gasteiger charge is 2.78. The van der Waals surface area contributed by atoms with E-state index >= 15 is 0 Å². The van der Waals surface area contributed by atoms with Gasteiger partial charge in [0, 0.05) is 10.8 Å². The molecule has 1 saturated heterocycles. The predicted molar refractivity (Wildman–Crippen MR) is 97.0 cm³/mol. The second-order valence-electron chi connectivity index (χ2n) is 8.11. The van der Waals surface area contributed by atoms with Gasteiger partial charge in [-0.25, -0.2) is 4.98 Å². The summed E-state index contributed by atoms with van der Waals surface area (Å²) in [6, 6.07) is 5.75. The van der Waals surface area contributed by atoms with Crippen molar-refractivity contribution in [3.8, 4) is 5.75 Å². The minimum Gasteiger partial charge on any atom is -0.497 e. The maximum atomic E-state index is 13.2. The van der Waals surface area contributed by atoms with Crippen molar-refractivity contribution < 1.29 is 14.3 Å². The average molecular weight is 358 g/mol. The van der Waals surface area contributed by atoms with E-state index in [2.05, 4.69) is 24.1 Å². The number of fused-ring (bicyclic) bond motifs is 1. The molecule has 2 saturated carbocycles. The lowest BCUT2D eigenvalue weighted by atomic mass is 9.66. The fraction of sp³-hybridized carbons (Fsp3) is 0.579. The van der Waals surface area contributed by atoms with Crippen LogP contribution in [0.2, 0.25) is 0 Å². The van der Waals surface area contributed by atoms with Crippen LogP contribution in [0.5, 0.6) is 5.75 Å². The summed E-state index contributed by atoms with van der Waals surface area (Å²) in [6.07, 6.45) is 3.12. The van der Waals surface area contributed by atoms with Crippen LogP contribution in [0.3, 0.4) is 0 Å². The Bertz CT molecular complexity index is 896. The van der Waals surface area contributed by atoms with Crippen molar-refractivity contribution in [2.45, 2.75) is 38.7 Å². The lowest BCUT2D eigenvalue weighted by Gasteiger charge is -2.39. The maximum Gasteiger partial charge on any atom is 0.259 e. The zero-order chi connectivity index (χ0) is 17.4. The molecule has 3 fully saturated rings. The van der Waals surface area contributed by atoms with Gasteiger partial charge in [0.1, 0.15) is 5.75 Å². The van der Waals surface area contributed by atoms with Gasteiger partial charge in [-0.15, -0.1) is 0 Å². The third kappa shape index (κ3) is 1.72. The minimum atomic E-state index is -0.694. The third-order valence-electron chi connectivity index (χ3n) is 7.38. The molecule has 5 rings (SSSR count). The van der Waals surface area contributed by atoms with Crippen LogP contribution in [0.4, 0.5) is 5.13 Å². The summed E-state index contributed by atoms with van der Waals surface area (Å²) in [5, 5.41) is 3.69. The summed E-state index contributed by atoms with van der Waals surface area (Å²) >= 11 is 1.48. The molecule has 4 bridgehead atoms. The fourth-order valence-electron chi connectivity index (χ4n) is 5.54. The number of benzene rings is 1. The molecule has 4 atom stereocenters. The molecule has 1 aromatic heterocycles. The Balaban J connectivity index is 1.46. The number of carbonyl (C=O) groups excluding carboxylic acids is 1. The molecular weight excluding hydrogens is 336 g/mol. The quantitative estimate of drug-likeness (QED) is 0.906. The first-order valence-electron chi connectivity index (χ1n) is 8.82. The van der Waals surface area contributed by atoms with E-state index in [-0.39, 0.29) is 16.7 Å². The number of thiazole rings is 1. The molecule has 2 aliphatic carbocycles. The Kier molecular flexibility index (Phi) is 2.95. The SMILES string of the molecule is COc1ccc2nc(NC(=O)[C@@]34C[C@H]5CC[C@]3(C)[C@@]5(C)CO4)sc2c1. The molecule has 25 heavy (non-hydrogen) atoms. The number of amides is 1. The molecule has 1 aromatic carbocycles. The second-order valence-corrected chi connectivity index (χ2v) is 9.14. The molecular formula is C19H22N2O3S. The number of carbonyl (C=O) groups is 1. The van der Waals surface area contributed by atoms with Crippen molar-refractivity contribution in [3.05, 3.63) is 18.2 Å². The molecule has 5 nitrogen and oxygen atoms in total. The van der Waals surface area contributed by atoms with Gasteiger partial charge in [-0.1, -0.05) is 25.2 Å². The topological polar surface area (TPSA) is 60.5 Å². The molecule has 1 N–H and O–H groups in total. The first-order chi connectivity index (χ1) is 11.9. The molecule has 3 aliphatic rings. The monoisotopic (exact) mass is 358 g/mol. The van der Waals surface area contributed by atoms with Gasteiger partial charge < -0.3 is 9.47 Å². The highest BCUT2D eigenvalue weighted by molar-refractivity contribution is 7.22. The highest BCUT2D eigenvalue weighted by atomic mass is 32.1. The molecule has 2 aromatic rings. The van der Waals surface area contributed by atoms with E-state index in [4.69, 9.17) is 9.47 Å². The first-order valence-corrected chi connectivity index (χ1v) is 9.64. The van der Waals surface area contributed by atoms with Crippen molar-refractivity contribution in [3.63, 3.8) is 0 Å². The van der Waals surface area contributed by atoms with Gasteiger partial charge in [0.05, 0.1) is 23.9 Å². The van der Waals surface area contributed by atoms with E-state index in [9.17, 15) is 4.79 Å². The largest absolute Gasteiger partial charge is 0.497 e. The van der Waals surface area contributed by atoms with Crippen LogP contribution < -0.4 is 10.1 Å². The molecule has 132 valence electrons. The minimum absolute atomic E-state index is 0.0213. The van der Waals surface area contributed by atoms with Crippen LogP contribution in [0.1, 0.15) is 33.1 Å². The van der Waals surface area contributed by atoms with E-state index in [0.717, 1.165) is 28.8 Å². The summed E-state index contributed by atoms with van der Waals surface area (Å²) in [5.41, 5.74) is 0.232. The van der Waals surface area contributed by atoms with Crippen molar-refractivity contribution >= 4 is 32.6 Å². The highest BCUT2D eigenvalue weighted by Crippen LogP contribution is 2.75. The number of rotatable bonds is 3. The van der Waals surface area contributed by atoms with Crippen molar-refractivity contribution in [1.82, 2.24) is 4.98 Å². The zero-order valence-corrected chi connectivity index (χ0v) is 15.5. The normalized spacial score (nSPS) is 38.4.